The monoisotopic (exact) mass is 242 g/mol. The molecule has 0 aliphatic rings. The molecule has 0 amide bonds. The van der Waals surface area contributed by atoms with Gasteiger partial charge >= 0.3 is 0 Å². The fourth-order valence-corrected chi connectivity index (χ4v) is 1.68. The Morgan fingerprint density at radius 3 is 2.88 bits per heavy atom. The maximum Gasteiger partial charge on any atom is 0.200 e. The van der Waals surface area contributed by atoms with Crippen LogP contribution in [0.4, 0.5) is 13.9 Å². The highest BCUT2D eigenvalue weighted by Crippen LogP contribution is 2.21. The molecule has 0 aliphatic heterocycles. The molecular formula is C10H8F2N2OS. The molecule has 2 rings (SSSR count). The standard InChI is InChI=1S/C10H8F2N2OS/c11-7-2-1-3-8(9(7)12)15-4-6-5-16-10(13)14-6/h1-3,5H,4H2,(H2,13,14). The van der Waals surface area contributed by atoms with Crippen LogP contribution in [0.25, 0.3) is 0 Å². The van der Waals surface area contributed by atoms with Crippen molar-refractivity contribution >= 4 is 16.5 Å². The highest BCUT2D eigenvalue weighted by atomic mass is 32.1. The molecule has 6 heteroatoms. The van der Waals surface area contributed by atoms with Gasteiger partial charge in [-0.05, 0) is 12.1 Å². The topological polar surface area (TPSA) is 48.1 Å². The summed E-state index contributed by atoms with van der Waals surface area (Å²) in [6.45, 7) is 0.0636. The van der Waals surface area contributed by atoms with Crippen LogP contribution in [0.5, 0.6) is 5.75 Å². The van der Waals surface area contributed by atoms with Crippen LogP contribution >= 0.6 is 11.3 Å². The average Bonchev–Trinajstić information content (AvgIpc) is 2.67. The summed E-state index contributed by atoms with van der Waals surface area (Å²) in [6, 6.07) is 3.76. The first-order valence-corrected chi connectivity index (χ1v) is 5.31. The zero-order valence-corrected chi connectivity index (χ0v) is 8.93. The molecule has 1 heterocycles. The van der Waals surface area contributed by atoms with Crippen LogP contribution in [0.15, 0.2) is 23.6 Å². The molecule has 1 aromatic carbocycles. The van der Waals surface area contributed by atoms with Crippen molar-refractivity contribution in [1.29, 1.82) is 0 Å². The van der Waals surface area contributed by atoms with Crippen molar-refractivity contribution in [3.63, 3.8) is 0 Å². The third-order valence-corrected chi connectivity index (χ3v) is 2.58. The van der Waals surface area contributed by atoms with Crippen molar-refractivity contribution in [2.45, 2.75) is 6.61 Å². The Kier molecular flexibility index (Phi) is 3.00. The van der Waals surface area contributed by atoms with E-state index < -0.39 is 11.6 Å². The van der Waals surface area contributed by atoms with Crippen LogP contribution < -0.4 is 10.5 Å². The van der Waals surface area contributed by atoms with Crippen molar-refractivity contribution in [3.05, 3.63) is 40.9 Å². The van der Waals surface area contributed by atoms with Gasteiger partial charge in [-0.25, -0.2) is 9.37 Å². The summed E-state index contributed by atoms with van der Waals surface area (Å²) in [4.78, 5) is 3.93. The first-order chi connectivity index (χ1) is 7.66. The maximum atomic E-state index is 13.2. The largest absolute Gasteiger partial charge is 0.484 e. The first-order valence-electron chi connectivity index (χ1n) is 4.43. The number of nitrogen functional groups attached to an aromatic ring is 1. The molecule has 0 saturated heterocycles. The van der Waals surface area contributed by atoms with Gasteiger partial charge in [0, 0.05) is 5.38 Å². The third-order valence-electron chi connectivity index (χ3n) is 1.86. The van der Waals surface area contributed by atoms with Crippen LogP contribution in [0, 0.1) is 11.6 Å². The number of anilines is 1. The van der Waals surface area contributed by atoms with Gasteiger partial charge < -0.3 is 10.5 Å². The lowest BCUT2D eigenvalue weighted by atomic mass is 10.3. The van der Waals surface area contributed by atoms with E-state index in [1.54, 1.807) is 5.38 Å². The van der Waals surface area contributed by atoms with Gasteiger partial charge in [0.05, 0.1) is 5.69 Å². The number of ether oxygens (including phenoxy) is 1. The second-order valence-electron chi connectivity index (χ2n) is 3.02. The van der Waals surface area contributed by atoms with E-state index in [2.05, 4.69) is 4.98 Å². The van der Waals surface area contributed by atoms with Crippen molar-refractivity contribution in [2.24, 2.45) is 0 Å². The van der Waals surface area contributed by atoms with Gasteiger partial charge in [0.2, 0.25) is 5.82 Å². The highest BCUT2D eigenvalue weighted by molar-refractivity contribution is 7.13. The Morgan fingerprint density at radius 1 is 1.38 bits per heavy atom. The lowest BCUT2D eigenvalue weighted by Gasteiger charge is -2.05. The number of benzene rings is 1. The van der Waals surface area contributed by atoms with E-state index in [0.717, 1.165) is 6.07 Å². The molecule has 16 heavy (non-hydrogen) atoms. The summed E-state index contributed by atoms with van der Waals surface area (Å²) in [6.07, 6.45) is 0. The minimum Gasteiger partial charge on any atom is -0.484 e. The number of hydrogen-bond acceptors (Lipinski definition) is 4. The van der Waals surface area contributed by atoms with Crippen molar-refractivity contribution in [3.8, 4) is 5.75 Å². The van der Waals surface area contributed by atoms with Crippen LogP contribution in [0.3, 0.4) is 0 Å². The van der Waals surface area contributed by atoms with Crippen LogP contribution in [-0.2, 0) is 6.61 Å². The Balaban J connectivity index is 2.07. The highest BCUT2D eigenvalue weighted by Gasteiger charge is 2.09. The second-order valence-corrected chi connectivity index (χ2v) is 3.91. The summed E-state index contributed by atoms with van der Waals surface area (Å²) < 4.78 is 31.1. The van der Waals surface area contributed by atoms with E-state index >= 15 is 0 Å². The van der Waals surface area contributed by atoms with Gasteiger partial charge in [0.1, 0.15) is 6.61 Å². The number of halogens is 2. The van der Waals surface area contributed by atoms with Crippen LogP contribution in [0.2, 0.25) is 0 Å². The molecule has 84 valence electrons. The number of rotatable bonds is 3. The second kappa shape index (κ2) is 4.44. The Labute approximate surface area is 94.5 Å². The fourth-order valence-electron chi connectivity index (χ4n) is 1.14. The maximum absolute atomic E-state index is 13.2. The van der Waals surface area contributed by atoms with E-state index in [4.69, 9.17) is 10.5 Å². The summed E-state index contributed by atoms with van der Waals surface area (Å²) >= 11 is 1.27. The van der Waals surface area contributed by atoms with E-state index in [1.165, 1.54) is 23.5 Å². The molecule has 0 atom stereocenters. The van der Waals surface area contributed by atoms with E-state index in [9.17, 15) is 8.78 Å². The summed E-state index contributed by atoms with van der Waals surface area (Å²) in [7, 11) is 0. The van der Waals surface area contributed by atoms with Crippen molar-refractivity contribution in [2.75, 3.05) is 5.73 Å². The molecule has 0 unspecified atom stereocenters. The minimum atomic E-state index is -0.995. The predicted octanol–water partition coefficient (Wildman–Crippen LogP) is 2.58. The quantitative estimate of drug-likeness (QED) is 0.899. The number of nitrogens with two attached hydrogens (primary N) is 1. The number of nitrogens with zero attached hydrogens (tertiary/aromatic N) is 1. The van der Waals surface area contributed by atoms with Gasteiger partial charge in [-0.15, -0.1) is 11.3 Å². The Bertz CT molecular complexity index is 501. The number of aromatic nitrogens is 1. The van der Waals surface area contributed by atoms with E-state index in [0.29, 0.717) is 10.8 Å². The van der Waals surface area contributed by atoms with Gasteiger partial charge in [0.25, 0.3) is 0 Å². The lowest BCUT2D eigenvalue weighted by molar-refractivity contribution is 0.281. The van der Waals surface area contributed by atoms with Gasteiger partial charge in [-0.3, -0.25) is 0 Å². The van der Waals surface area contributed by atoms with Gasteiger partial charge in [0.15, 0.2) is 16.7 Å². The molecule has 0 saturated carbocycles. The minimum absolute atomic E-state index is 0.0636. The van der Waals surface area contributed by atoms with E-state index in [-0.39, 0.29) is 12.4 Å². The summed E-state index contributed by atoms with van der Waals surface area (Å²) in [5, 5.41) is 2.12. The normalized spacial score (nSPS) is 10.4. The molecule has 2 aromatic rings. The third kappa shape index (κ3) is 2.27. The summed E-state index contributed by atoms with van der Waals surface area (Å²) in [5.41, 5.74) is 6.01. The Hall–Kier alpha value is -1.69. The van der Waals surface area contributed by atoms with Gasteiger partial charge in [-0.1, -0.05) is 6.07 Å². The van der Waals surface area contributed by atoms with Crippen LogP contribution in [0.1, 0.15) is 5.69 Å². The Morgan fingerprint density at radius 2 is 2.19 bits per heavy atom. The molecule has 0 radical (unpaired) electrons. The molecule has 3 nitrogen and oxygen atoms in total. The SMILES string of the molecule is Nc1nc(COc2cccc(F)c2F)cs1. The average molecular weight is 242 g/mol. The molecule has 0 fully saturated rings. The molecule has 0 bridgehead atoms. The zero-order chi connectivity index (χ0) is 11.5. The molecule has 0 spiro atoms. The fraction of sp³-hybridized carbons (Fsp3) is 0.100. The summed E-state index contributed by atoms with van der Waals surface area (Å²) in [5.74, 6) is -2.06. The van der Waals surface area contributed by atoms with Gasteiger partial charge in [-0.2, -0.15) is 4.39 Å². The van der Waals surface area contributed by atoms with Crippen molar-refractivity contribution < 1.29 is 13.5 Å². The molecule has 0 aliphatic carbocycles. The number of thiazole rings is 1. The predicted molar refractivity (Wildman–Crippen MR) is 57.2 cm³/mol. The molecular weight excluding hydrogens is 234 g/mol. The number of hydrogen-bond donors (Lipinski definition) is 1. The smallest absolute Gasteiger partial charge is 0.200 e. The van der Waals surface area contributed by atoms with Crippen molar-refractivity contribution in [1.82, 2.24) is 4.98 Å². The first kappa shape index (κ1) is 10.8. The molecule has 2 N–H and O–H groups in total. The zero-order valence-electron chi connectivity index (χ0n) is 8.11. The van der Waals surface area contributed by atoms with E-state index in [1.807, 2.05) is 0 Å². The molecule has 1 aromatic heterocycles. The lowest BCUT2D eigenvalue weighted by Crippen LogP contribution is -1.99. The van der Waals surface area contributed by atoms with Crippen LogP contribution in [-0.4, -0.2) is 4.98 Å².